The van der Waals surface area contributed by atoms with Crippen LogP contribution in [0.1, 0.15) is 26.3 Å². The highest BCUT2D eigenvalue weighted by Crippen LogP contribution is 2.21. The van der Waals surface area contributed by atoms with Gasteiger partial charge in [0.25, 0.3) is 11.8 Å². The molecule has 2 amide bonds. The molecule has 2 aromatic carbocycles. The van der Waals surface area contributed by atoms with Crippen molar-refractivity contribution in [1.29, 1.82) is 0 Å². The first-order valence-corrected chi connectivity index (χ1v) is 7.87. The minimum absolute atomic E-state index is 0.0430. The van der Waals surface area contributed by atoms with Crippen LogP contribution in [0.4, 0.5) is 5.69 Å². The van der Waals surface area contributed by atoms with Gasteiger partial charge in [-0.3, -0.25) is 9.59 Å². The van der Waals surface area contributed by atoms with Gasteiger partial charge in [0.1, 0.15) is 0 Å². The molecule has 124 valence electrons. The number of amides is 2. The van der Waals surface area contributed by atoms with Crippen molar-refractivity contribution >= 4 is 17.5 Å². The number of hydrogen-bond donors (Lipinski definition) is 1. The predicted molar refractivity (Wildman–Crippen MR) is 92.3 cm³/mol. The molecule has 1 heterocycles. The third-order valence-corrected chi connectivity index (χ3v) is 4.24. The number of aryl methyl sites for hydroxylation is 1. The van der Waals surface area contributed by atoms with Crippen LogP contribution >= 0.6 is 0 Å². The number of nitrogens with one attached hydrogen (secondary N) is 1. The van der Waals surface area contributed by atoms with E-state index in [-0.39, 0.29) is 17.9 Å². The molecule has 0 aromatic heterocycles. The van der Waals surface area contributed by atoms with Gasteiger partial charge in [-0.1, -0.05) is 24.3 Å². The third-order valence-electron chi connectivity index (χ3n) is 4.24. The molecule has 0 radical (unpaired) electrons. The Labute approximate surface area is 141 Å². The zero-order valence-corrected chi connectivity index (χ0v) is 13.8. The van der Waals surface area contributed by atoms with E-state index >= 15 is 0 Å². The van der Waals surface area contributed by atoms with Crippen molar-refractivity contribution in [2.45, 2.75) is 13.0 Å². The van der Waals surface area contributed by atoms with Crippen LogP contribution in [0.5, 0.6) is 0 Å². The van der Waals surface area contributed by atoms with Crippen LogP contribution in [0.15, 0.2) is 48.5 Å². The van der Waals surface area contributed by atoms with Gasteiger partial charge in [0.05, 0.1) is 6.10 Å². The van der Waals surface area contributed by atoms with Crippen molar-refractivity contribution in [3.8, 4) is 0 Å². The Bertz CT molecular complexity index is 752. The Morgan fingerprint density at radius 3 is 2.46 bits per heavy atom. The lowest BCUT2D eigenvalue weighted by atomic mass is 10.1. The summed E-state index contributed by atoms with van der Waals surface area (Å²) in [7, 11) is 1.65. The molecular weight excluding hydrogens is 304 g/mol. The van der Waals surface area contributed by atoms with Crippen LogP contribution in [0.25, 0.3) is 0 Å². The first-order chi connectivity index (χ1) is 11.6. The SMILES string of the molecule is COC1CN(C(=O)c2ccc(C)c(NC(=O)c3ccccc3)c2)C1. The number of carbonyl (C=O) groups excluding carboxylic acids is 2. The van der Waals surface area contributed by atoms with Gasteiger partial charge in [-0.15, -0.1) is 0 Å². The number of hydrogen-bond acceptors (Lipinski definition) is 3. The van der Waals surface area contributed by atoms with E-state index in [0.717, 1.165) is 5.56 Å². The summed E-state index contributed by atoms with van der Waals surface area (Å²) >= 11 is 0. The summed E-state index contributed by atoms with van der Waals surface area (Å²) in [5.41, 5.74) is 2.71. The number of nitrogens with zero attached hydrogens (tertiary/aromatic N) is 1. The summed E-state index contributed by atoms with van der Waals surface area (Å²) in [4.78, 5) is 26.5. The van der Waals surface area contributed by atoms with Gasteiger partial charge in [-0.25, -0.2) is 0 Å². The Morgan fingerprint density at radius 2 is 1.79 bits per heavy atom. The third kappa shape index (κ3) is 3.31. The molecule has 1 N–H and O–H groups in total. The maximum absolute atomic E-state index is 12.5. The molecule has 24 heavy (non-hydrogen) atoms. The number of rotatable bonds is 4. The second-order valence-electron chi connectivity index (χ2n) is 5.92. The average molecular weight is 324 g/mol. The molecule has 0 unspecified atom stereocenters. The average Bonchev–Trinajstić information content (AvgIpc) is 2.56. The van der Waals surface area contributed by atoms with E-state index in [1.54, 1.807) is 36.3 Å². The number of methoxy groups -OCH3 is 1. The molecule has 5 heteroatoms. The fourth-order valence-electron chi connectivity index (χ4n) is 2.61. The largest absolute Gasteiger partial charge is 0.378 e. The van der Waals surface area contributed by atoms with Gasteiger partial charge >= 0.3 is 0 Å². The van der Waals surface area contributed by atoms with Crippen LogP contribution in [0, 0.1) is 6.92 Å². The van der Waals surface area contributed by atoms with Crippen LogP contribution in [0.2, 0.25) is 0 Å². The van der Waals surface area contributed by atoms with Crippen molar-refractivity contribution in [3.05, 3.63) is 65.2 Å². The first kappa shape index (κ1) is 16.2. The van der Waals surface area contributed by atoms with Gasteiger partial charge in [-0.05, 0) is 36.8 Å². The molecule has 1 saturated heterocycles. The molecule has 0 aliphatic carbocycles. The summed E-state index contributed by atoms with van der Waals surface area (Å²) in [6.45, 7) is 3.11. The molecule has 5 nitrogen and oxygen atoms in total. The fraction of sp³-hybridized carbons (Fsp3) is 0.263. The zero-order chi connectivity index (χ0) is 17.1. The number of likely N-dealkylation sites (tertiary alicyclic amines) is 1. The molecule has 2 aromatic rings. The maximum Gasteiger partial charge on any atom is 0.255 e. The quantitative estimate of drug-likeness (QED) is 0.941. The van der Waals surface area contributed by atoms with Gasteiger partial charge in [0.2, 0.25) is 0 Å². The highest BCUT2D eigenvalue weighted by Gasteiger charge is 2.31. The summed E-state index contributed by atoms with van der Waals surface area (Å²) in [5, 5.41) is 2.88. The summed E-state index contributed by atoms with van der Waals surface area (Å²) < 4.78 is 5.20. The van der Waals surface area contributed by atoms with Gasteiger partial charge in [0, 0.05) is 37.0 Å². The minimum atomic E-state index is -0.188. The maximum atomic E-state index is 12.5. The zero-order valence-electron chi connectivity index (χ0n) is 13.8. The van der Waals surface area contributed by atoms with Crippen LogP contribution in [0.3, 0.4) is 0 Å². The Kier molecular flexibility index (Phi) is 4.62. The number of benzene rings is 2. The molecule has 1 aliphatic rings. The van der Waals surface area contributed by atoms with E-state index in [0.29, 0.717) is 29.9 Å². The van der Waals surface area contributed by atoms with Gasteiger partial charge in [-0.2, -0.15) is 0 Å². The highest BCUT2D eigenvalue weighted by molar-refractivity contribution is 6.05. The molecule has 0 saturated carbocycles. The van der Waals surface area contributed by atoms with Crippen molar-refractivity contribution in [3.63, 3.8) is 0 Å². The number of anilines is 1. The lowest BCUT2D eigenvalue weighted by Crippen LogP contribution is -2.54. The van der Waals surface area contributed by atoms with E-state index in [1.807, 2.05) is 31.2 Å². The normalized spacial score (nSPS) is 14.2. The van der Waals surface area contributed by atoms with Crippen molar-refractivity contribution in [2.75, 3.05) is 25.5 Å². The molecule has 0 spiro atoms. The molecule has 0 atom stereocenters. The Balaban J connectivity index is 1.75. The Hall–Kier alpha value is -2.66. The predicted octanol–water partition coefficient (Wildman–Crippen LogP) is 2.72. The van der Waals surface area contributed by atoms with E-state index in [4.69, 9.17) is 4.74 Å². The van der Waals surface area contributed by atoms with E-state index in [2.05, 4.69) is 5.32 Å². The van der Waals surface area contributed by atoms with Crippen LogP contribution < -0.4 is 5.32 Å². The van der Waals surface area contributed by atoms with Crippen LogP contribution in [-0.2, 0) is 4.74 Å². The van der Waals surface area contributed by atoms with Crippen molar-refractivity contribution in [1.82, 2.24) is 4.90 Å². The minimum Gasteiger partial charge on any atom is -0.378 e. The molecule has 1 fully saturated rings. The first-order valence-electron chi connectivity index (χ1n) is 7.87. The standard InChI is InChI=1S/C19H20N2O3/c1-13-8-9-15(19(23)21-11-16(12-21)24-2)10-17(13)20-18(22)14-6-4-3-5-7-14/h3-10,16H,11-12H2,1-2H3,(H,20,22). The molecule has 0 bridgehead atoms. The smallest absolute Gasteiger partial charge is 0.255 e. The van der Waals surface area contributed by atoms with E-state index in [1.165, 1.54) is 0 Å². The van der Waals surface area contributed by atoms with E-state index < -0.39 is 0 Å². The number of ether oxygens (including phenoxy) is 1. The second-order valence-corrected chi connectivity index (χ2v) is 5.92. The summed E-state index contributed by atoms with van der Waals surface area (Å²) in [6, 6.07) is 14.4. The monoisotopic (exact) mass is 324 g/mol. The Morgan fingerprint density at radius 1 is 1.08 bits per heavy atom. The van der Waals surface area contributed by atoms with Crippen molar-refractivity contribution < 1.29 is 14.3 Å². The highest BCUT2D eigenvalue weighted by atomic mass is 16.5. The number of carbonyl (C=O) groups is 2. The lowest BCUT2D eigenvalue weighted by molar-refractivity contribution is -0.0191. The van der Waals surface area contributed by atoms with Gasteiger partial charge in [0.15, 0.2) is 0 Å². The molecule has 1 aliphatic heterocycles. The van der Waals surface area contributed by atoms with Crippen LogP contribution in [-0.4, -0.2) is 43.0 Å². The molecular formula is C19H20N2O3. The summed E-state index contributed by atoms with van der Waals surface area (Å²) in [5.74, 6) is -0.231. The van der Waals surface area contributed by atoms with Crippen molar-refractivity contribution in [2.24, 2.45) is 0 Å². The molecule has 3 rings (SSSR count). The lowest BCUT2D eigenvalue weighted by Gasteiger charge is -2.38. The fourth-order valence-corrected chi connectivity index (χ4v) is 2.61. The topological polar surface area (TPSA) is 58.6 Å². The van der Waals surface area contributed by atoms with Gasteiger partial charge < -0.3 is 15.0 Å². The second kappa shape index (κ2) is 6.84. The van der Waals surface area contributed by atoms with E-state index in [9.17, 15) is 9.59 Å². The summed E-state index contributed by atoms with van der Waals surface area (Å²) in [6.07, 6.45) is 0.122.